The second kappa shape index (κ2) is 7.05. The molecule has 0 bridgehead atoms. The zero-order valence-corrected chi connectivity index (χ0v) is 15.4. The lowest BCUT2D eigenvalue weighted by Gasteiger charge is -2.01. The molecule has 6 nitrogen and oxygen atoms in total. The van der Waals surface area contributed by atoms with E-state index in [0.29, 0.717) is 10.4 Å². The van der Waals surface area contributed by atoms with Gasteiger partial charge in [0, 0.05) is 25.3 Å². The molecule has 132 valence electrons. The lowest BCUT2D eigenvalue weighted by Crippen LogP contribution is -2.12. The lowest BCUT2D eigenvalue weighted by molar-refractivity contribution is -0.384. The van der Waals surface area contributed by atoms with Crippen molar-refractivity contribution in [1.29, 1.82) is 0 Å². The van der Waals surface area contributed by atoms with Crippen molar-refractivity contribution in [2.45, 2.75) is 13.8 Å². The van der Waals surface area contributed by atoms with Gasteiger partial charge in [-0.2, -0.15) is 4.99 Å². The molecule has 1 amide bonds. The summed E-state index contributed by atoms with van der Waals surface area (Å²) in [4.78, 5) is 27.2. The van der Waals surface area contributed by atoms with Gasteiger partial charge in [0.25, 0.3) is 11.6 Å². The summed E-state index contributed by atoms with van der Waals surface area (Å²) in [6.07, 6.45) is 2.96. The first kappa shape index (κ1) is 17.8. The molecule has 0 spiro atoms. The predicted molar refractivity (Wildman–Crippen MR) is 103 cm³/mol. The molecule has 0 aliphatic heterocycles. The third-order valence-electron chi connectivity index (χ3n) is 3.96. The van der Waals surface area contributed by atoms with Crippen LogP contribution in [0.2, 0.25) is 0 Å². The van der Waals surface area contributed by atoms with E-state index in [9.17, 15) is 14.9 Å². The molecule has 3 aromatic rings. The molecule has 0 fully saturated rings. The van der Waals surface area contributed by atoms with E-state index in [2.05, 4.69) is 17.1 Å². The third kappa shape index (κ3) is 3.62. The molecule has 1 aromatic heterocycles. The Hall–Kier alpha value is -3.06. The predicted octanol–water partition coefficient (Wildman–Crippen LogP) is 3.91. The van der Waals surface area contributed by atoms with Crippen LogP contribution in [0.25, 0.3) is 16.3 Å². The van der Waals surface area contributed by atoms with Crippen LogP contribution in [-0.2, 0) is 11.8 Å². The summed E-state index contributed by atoms with van der Waals surface area (Å²) in [5, 5.41) is 10.6. The van der Waals surface area contributed by atoms with Gasteiger partial charge in [0.15, 0.2) is 4.80 Å². The number of hydrogen-bond donors (Lipinski definition) is 0. The highest BCUT2D eigenvalue weighted by molar-refractivity contribution is 7.16. The molecular formula is C19H17N3O3S. The van der Waals surface area contributed by atoms with Gasteiger partial charge in [-0.15, -0.1) is 0 Å². The fourth-order valence-electron chi connectivity index (χ4n) is 2.80. The van der Waals surface area contributed by atoms with Crippen LogP contribution in [0, 0.1) is 24.0 Å². The average molecular weight is 367 g/mol. The lowest BCUT2D eigenvalue weighted by atomic mass is 10.1. The van der Waals surface area contributed by atoms with Crippen molar-refractivity contribution < 1.29 is 9.72 Å². The summed E-state index contributed by atoms with van der Waals surface area (Å²) < 4.78 is 3.02. The quantitative estimate of drug-likeness (QED) is 0.400. The van der Waals surface area contributed by atoms with Gasteiger partial charge < -0.3 is 4.57 Å². The Bertz CT molecular complexity index is 1110. The molecule has 0 N–H and O–H groups in total. The van der Waals surface area contributed by atoms with Crippen molar-refractivity contribution in [2.24, 2.45) is 12.0 Å². The normalized spacial score (nSPS) is 12.2. The summed E-state index contributed by atoms with van der Waals surface area (Å²) in [6, 6.07) is 10.2. The summed E-state index contributed by atoms with van der Waals surface area (Å²) in [5.74, 6) is -0.375. The number of nitro benzene ring substituents is 1. The minimum atomic E-state index is -0.459. The zero-order chi connectivity index (χ0) is 18.8. The number of nitrogens with zero attached hydrogens (tertiary/aromatic N) is 3. The third-order valence-corrected chi connectivity index (χ3v) is 5.04. The van der Waals surface area contributed by atoms with Gasteiger partial charge in [0.2, 0.25) is 0 Å². The Labute approximate surface area is 153 Å². The molecule has 0 unspecified atom stereocenters. The minimum absolute atomic E-state index is 0.0149. The van der Waals surface area contributed by atoms with Gasteiger partial charge >= 0.3 is 0 Å². The molecule has 0 atom stereocenters. The van der Waals surface area contributed by atoms with Crippen molar-refractivity contribution in [3.8, 4) is 0 Å². The van der Waals surface area contributed by atoms with Crippen molar-refractivity contribution in [2.75, 3.05) is 0 Å². The Kier molecular flexibility index (Phi) is 4.81. The maximum atomic E-state index is 12.2. The van der Waals surface area contributed by atoms with Crippen LogP contribution in [-0.4, -0.2) is 15.4 Å². The second-order valence-electron chi connectivity index (χ2n) is 6.00. The number of fused-ring (bicyclic) bond motifs is 1. The molecule has 3 rings (SSSR count). The molecule has 26 heavy (non-hydrogen) atoms. The molecule has 0 radical (unpaired) electrons. The largest absolute Gasteiger partial charge is 0.319 e. The van der Waals surface area contributed by atoms with E-state index in [0.717, 1.165) is 15.8 Å². The number of carbonyl (C=O) groups excluding carboxylic acids is 1. The monoisotopic (exact) mass is 367 g/mol. The number of aryl methyl sites for hydroxylation is 3. The highest BCUT2D eigenvalue weighted by Gasteiger charge is 2.07. The molecule has 0 aliphatic rings. The van der Waals surface area contributed by atoms with Crippen LogP contribution >= 0.6 is 11.3 Å². The van der Waals surface area contributed by atoms with Gasteiger partial charge in [0.1, 0.15) is 0 Å². The smallest absolute Gasteiger partial charge is 0.272 e. The number of nitro groups is 1. The number of aromatic nitrogens is 1. The van der Waals surface area contributed by atoms with E-state index >= 15 is 0 Å². The number of carbonyl (C=O) groups is 1. The van der Waals surface area contributed by atoms with Gasteiger partial charge in [-0.05, 0) is 54.8 Å². The average Bonchev–Trinajstić information content (AvgIpc) is 2.89. The van der Waals surface area contributed by atoms with Crippen LogP contribution in [0.3, 0.4) is 0 Å². The number of hydrogen-bond acceptors (Lipinski definition) is 4. The van der Waals surface area contributed by atoms with Crippen LogP contribution < -0.4 is 4.80 Å². The van der Waals surface area contributed by atoms with Crippen LogP contribution in [0.15, 0.2) is 47.5 Å². The van der Waals surface area contributed by atoms with Gasteiger partial charge in [-0.3, -0.25) is 14.9 Å². The molecule has 0 saturated carbocycles. The Morgan fingerprint density at radius 1 is 1.23 bits per heavy atom. The number of non-ortho nitro benzene ring substituents is 1. The highest BCUT2D eigenvalue weighted by atomic mass is 32.1. The fraction of sp³-hybridized carbons (Fsp3) is 0.158. The summed E-state index contributed by atoms with van der Waals surface area (Å²) in [7, 11) is 1.90. The Morgan fingerprint density at radius 2 is 1.92 bits per heavy atom. The van der Waals surface area contributed by atoms with Crippen LogP contribution in [0.5, 0.6) is 0 Å². The summed E-state index contributed by atoms with van der Waals surface area (Å²) in [6.45, 7) is 4.09. The first-order valence-corrected chi connectivity index (χ1v) is 8.75. The molecule has 7 heteroatoms. The van der Waals surface area contributed by atoms with E-state index in [4.69, 9.17) is 0 Å². The van der Waals surface area contributed by atoms with Gasteiger partial charge in [0.05, 0.1) is 15.1 Å². The Morgan fingerprint density at radius 3 is 2.58 bits per heavy atom. The number of thiazole rings is 1. The van der Waals surface area contributed by atoms with Gasteiger partial charge in [-0.25, -0.2) is 0 Å². The summed E-state index contributed by atoms with van der Waals surface area (Å²) in [5.41, 5.74) is 4.11. The number of rotatable bonds is 3. The van der Waals surface area contributed by atoms with E-state index in [1.165, 1.54) is 35.1 Å². The Balaban J connectivity index is 1.89. The van der Waals surface area contributed by atoms with Crippen molar-refractivity contribution in [3.63, 3.8) is 0 Å². The molecular weight excluding hydrogens is 350 g/mol. The highest BCUT2D eigenvalue weighted by Crippen LogP contribution is 2.22. The first-order chi connectivity index (χ1) is 12.3. The molecule has 2 aromatic carbocycles. The summed E-state index contributed by atoms with van der Waals surface area (Å²) >= 11 is 1.47. The molecule has 0 aliphatic carbocycles. The molecule has 0 saturated heterocycles. The van der Waals surface area contributed by atoms with E-state index in [-0.39, 0.29) is 11.6 Å². The topological polar surface area (TPSA) is 77.5 Å². The van der Waals surface area contributed by atoms with Crippen LogP contribution in [0.4, 0.5) is 5.69 Å². The minimum Gasteiger partial charge on any atom is -0.319 e. The van der Waals surface area contributed by atoms with Crippen LogP contribution in [0.1, 0.15) is 16.7 Å². The first-order valence-electron chi connectivity index (χ1n) is 7.93. The fourth-order valence-corrected chi connectivity index (χ4v) is 4.00. The zero-order valence-electron chi connectivity index (χ0n) is 14.6. The van der Waals surface area contributed by atoms with Crippen molar-refractivity contribution in [1.82, 2.24) is 4.57 Å². The standard InChI is InChI=1S/C19H17N3O3S/c1-12-10-13(2)18-16(11-12)26-19(21(18)3)20-17(23)9-6-14-4-7-15(8-5-14)22(24)25/h4-11H,1-3H3. The second-order valence-corrected chi connectivity index (χ2v) is 7.01. The number of benzene rings is 2. The van der Waals surface area contributed by atoms with E-state index in [1.807, 2.05) is 25.5 Å². The molecule has 1 heterocycles. The van der Waals surface area contributed by atoms with E-state index in [1.54, 1.807) is 18.2 Å². The maximum absolute atomic E-state index is 12.2. The van der Waals surface area contributed by atoms with Crippen molar-refractivity contribution >= 4 is 39.2 Å². The SMILES string of the molecule is Cc1cc(C)c2c(c1)sc(=NC(=O)C=Cc1ccc([N+](=O)[O-])cc1)n2C. The maximum Gasteiger partial charge on any atom is 0.272 e. The number of amides is 1. The van der Waals surface area contributed by atoms with Crippen molar-refractivity contribution in [3.05, 3.63) is 74.1 Å². The van der Waals surface area contributed by atoms with E-state index < -0.39 is 4.92 Å². The van der Waals surface area contributed by atoms with Gasteiger partial charge in [-0.1, -0.05) is 17.4 Å².